The molecule has 2 aromatic carbocycles. The number of nitrogens with zero attached hydrogens (tertiary/aromatic N) is 3. The van der Waals surface area contributed by atoms with Crippen LogP contribution in [0.15, 0.2) is 42.5 Å². The van der Waals surface area contributed by atoms with E-state index in [0.717, 1.165) is 11.1 Å². The second kappa shape index (κ2) is 15.7. The quantitative estimate of drug-likeness (QED) is 0.486. The van der Waals surface area contributed by atoms with Crippen molar-refractivity contribution in [2.75, 3.05) is 67.6 Å². The number of nitrogens with one attached hydrogen (secondary N) is 1. The van der Waals surface area contributed by atoms with Crippen LogP contribution in [0.1, 0.15) is 30.4 Å². The van der Waals surface area contributed by atoms with Crippen LogP contribution in [0.4, 0.5) is 0 Å². The summed E-state index contributed by atoms with van der Waals surface area (Å²) in [6.45, 7) is 2.23. The minimum atomic E-state index is -0.426. The van der Waals surface area contributed by atoms with Gasteiger partial charge in [-0.25, -0.2) is 0 Å². The summed E-state index contributed by atoms with van der Waals surface area (Å²) in [5.41, 5.74) is 1.84. The van der Waals surface area contributed by atoms with Crippen molar-refractivity contribution in [2.24, 2.45) is 0 Å². The molecule has 11 nitrogen and oxygen atoms in total. The number of carbonyl (C=O) groups is 3. The van der Waals surface area contributed by atoms with Gasteiger partial charge in [0, 0.05) is 39.8 Å². The SMILES string of the molecule is COCCCN1CC(=O)N[C@@H]2CN(C(=O)CN(C)C)CC[C@@H]2OCc2cccc(c2)Oc2ccc(cc2OC)CCC1=O. The molecular formula is C32H44N4O7. The molecule has 3 aliphatic rings. The van der Waals surface area contributed by atoms with E-state index in [0.29, 0.717) is 69.4 Å². The highest BCUT2D eigenvalue weighted by Gasteiger charge is 2.34. The molecule has 3 aliphatic heterocycles. The zero-order valence-electron chi connectivity index (χ0n) is 25.7. The monoisotopic (exact) mass is 596 g/mol. The second-order valence-electron chi connectivity index (χ2n) is 11.3. The van der Waals surface area contributed by atoms with Crippen molar-refractivity contribution in [1.82, 2.24) is 20.0 Å². The van der Waals surface area contributed by atoms with Gasteiger partial charge in [0.15, 0.2) is 11.5 Å². The lowest BCUT2D eigenvalue weighted by atomic mass is 10.0. The minimum absolute atomic E-state index is 0.00304. The lowest BCUT2D eigenvalue weighted by Gasteiger charge is -2.39. The maximum absolute atomic E-state index is 13.4. The van der Waals surface area contributed by atoms with Crippen LogP contribution < -0.4 is 14.8 Å². The number of benzene rings is 2. The number of ether oxygens (including phenoxy) is 4. The number of carbonyl (C=O) groups excluding carboxylic acids is 3. The van der Waals surface area contributed by atoms with Crippen molar-refractivity contribution in [1.29, 1.82) is 0 Å². The molecule has 0 unspecified atom stereocenters. The van der Waals surface area contributed by atoms with E-state index in [1.165, 1.54) is 0 Å². The number of amides is 3. The van der Waals surface area contributed by atoms with E-state index in [4.69, 9.17) is 18.9 Å². The number of hydrogen-bond donors (Lipinski definition) is 1. The maximum atomic E-state index is 13.4. The number of likely N-dealkylation sites (N-methyl/N-ethyl adjacent to an activating group) is 1. The van der Waals surface area contributed by atoms with Gasteiger partial charge in [-0.15, -0.1) is 0 Å². The highest BCUT2D eigenvalue weighted by atomic mass is 16.5. The van der Waals surface area contributed by atoms with Crippen molar-refractivity contribution in [3.63, 3.8) is 0 Å². The third-order valence-corrected chi connectivity index (χ3v) is 7.61. The largest absolute Gasteiger partial charge is 0.493 e. The molecule has 0 saturated carbocycles. The Kier molecular flexibility index (Phi) is 11.8. The molecule has 0 radical (unpaired) electrons. The normalized spacial score (nSPS) is 20.0. The molecule has 0 spiro atoms. The highest BCUT2D eigenvalue weighted by Crippen LogP contribution is 2.33. The second-order valence-corrected chi connectivity index (χ2v) is 11.3. The molecule has 4 bridgehead atoms. The van der Waals surface area contributed by atoms with Gasteiger partial charge in [-0.05, 0) is 68.8 Å². The Balaban J connectivity index is 1.60. The number of methoxy groups -OCH3 is 2. The summed E-state index contributed by atoms with van der Waals surface area (Å²) >= 11 is 0. The molecule has 2 atom stereocenters. The molecule has 234 valence electrons. The van der Waals surface area contributed by atoms with Crippen LogP contribution in [-0.2, 0) is 36.9 Å². The zero-order chi connectivity index (χ0) is 30.8. The molecule has 1 saturated heterocycles. The number of piperidine rings is 1. The van der Waals surface area contributed by atoms with Gasteiger partial charge in [0.2, 0.25) is 17.7 Å². The first-order valence-corrected chi connectivity index (χ1v) is 14.8. The third kappa shape index (κ3) is 9.41. The fourth-order valence-corrected chi connectivity index (χ4v) is 5.37. The molecular weight excluding hydrogens is 552 g/mol. The van der Waals surface area contributed by atoms with E-state index in [-0.39, 0.29) is 43.3 Å². The number of fused-ring (bicyclic) bond motifs is 9. The molecule has 11 heteroatoms. The number of aryl methyl sites for hydroxylation is 1. The molecule has 0 aliphatic carbocycles. The van der Waals surface area contributed by atoms with Gasteiger partial charge in [0.05, 0.1) is 39.0 Å². The summed E-state index contributed by atoms with van der Waals surface area (Å²) in [5.74, 6) is 1.36. The lowest BCUT2D eigenvalue weighted by molar-refractivity contribution is -0.139. The fraction of sp³-hybridized carbons (Fsp3) is 0.531. The molecule has 3 amide bonds. The Morgan fingerprint density at radius 3 is 2.70 bits per heavy atom. The van der Waals surface area contributed by atoms with E-state index >= 15 is 0 Å². The highest BCUT2D eigenvalue weighted by molar-refractivity contribution is 5.85. The van der Waals surface area contributed by atoms with E-state index in [1.807, 2.05) is 61.5 Å². The summed E-state index contributed by atoms with van der Waals surface area (Å²) in [7, 11) is 6.90. The average molecular weight is 597 g/mol. The van der Waals surface area contributed by atoms with E-state index < -0.39 is 6.04 Å². The average Bonchev–Trinajstić information content (AvgIpc) is 2.98. The van der Waals surface area contributed by atoms with Crippen LogP contribution in [0.5, 0.6) is 17.2 Å². The summed E-state index contributed by atoms with van der Waals surface area (Å²) < 4.78 is 23.3. The Hall–Kier alpha value is -3.67. The van der Waals surface area contributed by atoms with Crippen molar-refractivity contribution in [3.8, 4) is 17.2 Å². The van der Waals surface area contributed by atoms with Crippen molar-refractivity contribution in [3.05, 3.63) is 53.6 Å². The van der Waals surface area contributed by atoms with Gasteiger partial charge in [-0.3, -0.25) is 14.4 Å². The lowest BCUT2D eigenvalue weighted by Crippen LogP contribution is -2.59. The number of rotatable bonds is 7. The van der Waals surface area contributed by atoms with Gasteiger partial charge >= 0.3 is 0 Å². The fourth-order valence-electron chi connectivity index (χ4n) is 5.37. The maximum Gasteiger partial charge on any atom is 0.239 e. The Morgan fingerprint density at radius 1 is 1.09 bits per heavy atom. The van der Waals surface area contributed by atoms with Crippen LogP contribution in [0.2, 0.25) is 0 Å². The predicted molar refractivity (Wildman–Crippen MR) is 161 cm³/mol. The molecule has 3 heterocycles. The minimum Gasteiger partial charge on any atom is -0.493 e. The number of hydrogen-bond acceptors (Lipinski definition) is 8. The van der Waals surface area contributed by atoms with Gasteiger partial charge < -0.3 is 39.0 Å². The van der Waals surface area contributed by atoms with Gasteiger partial charge in [-0.2, -0.15) is 0 Å². The van der Waals surface area contributed by atoms with Crippen molar-refractivity contribution >= 4 is 17.7 Å². The zero-order valence-corrected chi connectivity index (χ0v) is 25.7. The first-order chi connectivity index (χ1) is 20.7. The molecule has 1 N–H and O–H groups in total. The Morgan fingerprint density at radius 2 is 1.93 bits per heavy atom. The molecule has 1 fully saturated rings. The van der Waals surface area contributed by atoms with Crippen molar-refractivity contribution in [2.45, 2.75) is 44.4 Å². The molecule has 2 aromatic rings. The Labute approximate surface area is 254 Å². The molecule has 43 heavy (non-hydrogen) atoms. The predicted octanol–water partition coefficient (Wildman–Crippen LogP) is 2.46. The van der Waals surface area contributed by atoms with Crippen LogP contribution in [0, 0.1) is 0 Å². The van der Waals surface area contributed by atoms with Crippen LogP contribution in [-0.4, -0.2) is 112 Å². The van der Waals surface area contributed by atoms with Gasteiger partial charge in [-0.1, -0.05) is 18.2 Å². The van der Waals surface area contributed by atoms with Crippen LogP contribution in [0.3, 0.4) is 0 Å². The summed E-state index contributed by atoms with van der Waals surface area (Å²) in [4.78, 5) is 44.8. The number of likely N-dealkylation sites (tertiary alicyclic amines) is 1. The van der Waals surface area contributed by atoms with Gasteiger partial charge in [0.25, 0.3) is 0 Å². The topological polar surface area (TPSA) is 110 Å². The third-order valence-electron chi connectivity index (χ3n) is 7.61. The summed E-state index contributed by atoms with van der Waals surface area (Å²) in [5, 5.41) is 3.09. The van der Waals surface area contributed by atoms with Crippen LogP contribution >= 0.6 is 0 Å². The molecule has 5 rings (SSSR count). The summed E-state index contributed by atoms with van der Waals surface area (Å²) in [6, 6.07) is 12.9. The standard InChI is InChI=1S/C32H44N4O7/c1-34(2)21-32(39)36-15-13-27-26(19-36)33-30(37)20-35(14-6-16-40-3)31(38)12-10-23-9-11-28(29(18-23)41-4)43-25-8-5-7-24(17-25)22-42-27/h5,7-9,11,17-18,26-27H,6,10,12-16,19-22H2,1-4H3,(H,33,37)/t26-,27+/m1/s1. The smallest absolute Gasteiger partial charge is 0.239 e. The van der Waals surface area contributed by atoms with E-state index in [1.54, 1.807) is 24.0 Å². The first kappa shape index (κ1) is 32.2. The Bertz CT molecular complexity index is 1250. The van der Waals surface area contributed by atoms with E-state index in [9.17, 15) is 14.4 Å². The first-order valence-electron chi connectivity index (χ1n) is 14.8. The van der Waals surface area contributed by atoms with Gasteiger partial charge in [0.1, 0.15) is 5.75 Å². The van der Waals surface area contributed by atoms with Crippen LogP contribution in [0.25, 0.3) is 0 Å². The van der Waals surface area contributed by atoms with E-state index in [2.05, 4.69) is 5.32 Å². The van der Waals surface area contributed by atoms with Crippen molar-refractivity contribution < 1.29 is 33.3 Å². The molecule has 0 aromatic heterocycles. The summed E-state index contributed by atoms with van der Waals surface area (Å²) in [6.07, 6.45) is 1.57.